The van der Waals surface area contributed by atoms with Crippen LogP contribution in [0.3, 0.4) is 0 Å². The number of nitrogens with zero attached hydrogens (tertiary/aromatic N) is 4. The third-order valence-corrected chi connectivity index (χ3v) is 9.18. The number of rotatable bonds is 13. The Morgan fingerprint density at radius 3 is 2.55 bits per heavy atom. The van der Waals surface area contributed by atoms with Gasteiger partial charge in [0.15, 0.2) is 0 Å². The summed E-state index contributed by atoms with van der Waals surface area (Å²) in [7, 11) is 0. The Labute approximate surface area is 284 Å². The standard InChI is InChI=1S/C37H48ClN5O4/c1-24-13-14-28(34-26(3)41-47-27(34)4)20-32(24)43(30-16-15-29(22-39)31(38)21-30)17-9-8-10-19-46-23-33(44)40-35(37(5,6)7)36(45)42-18-11-12-25(42)2/h13-16,20-21,25,35H,8-12,17-19,23H2,1-7H3,(H,40,44)/t25-,35-/m1/s1. The van der Waals surface area contributed by atoms with Gasteiger partial charge >= 0.3 is 0 Å². The van der Waals surface area contributed by atoms with Crippen LogP contribution in [-0.2, 0) is 14.3 Å². The van der Waals surface area contributed by atoms with Gasteiger partial charge in [0.05, 0.1) is 16.3 Å². The maximum Gasteiger partial charge on any atom is 0.246 e. The van der Waals surface area contributed by atoms with Crippen molar-refractivity contribution in [3.8, 4) is 17.2 Å². The molecule has 3 aromatic rings. The van der Waals surface area contributed by atoms with E-state index in [1.54, 1.807) is 6.07 Å². The highest BCUT2D eigenvalue weighted by Crippen LogP contribution is 2.36. The summed E-state index contributed by atoms with van der Waals surface area (Å²) in [5.41, 5.74) is 5.88. The largest absolute Gasteiger partial charge is 0.372 e. The van der Waals surface area contributed by atoms with E-state index < -0.39 is 11.5 Å². The average Bonchev–Trinajstić information content (AvgIpc) is 3.60. The number of ether oxygens (including phenoxy) is 1. The van der Waals surface area contributed by atoms with E-state index in [0.29, 0.717) is 23.7 Å². The molecule has 1 saturated heterocycles. The lowest BCUT2D eigenvalue weighted by atomic mass is 9.85. The molecule has 0 bridgehead atoms. The molecule has 2 aromatic carbocycles. The molecule has 1 N–H and O–H groups in total. The minimum absolute atomic E-state index is 0.0172. The highest BCUT2D eigenvalue weighted by atomic mass is 35.5. The number of carbonyl (C=O) groups is 2. The molecular weight excluding hydrogens is 614 g/mol. The molecule has 9 nitrogen and oxygen atoms in total. The number of aromatic nitrogens is 1. The molecule has 252 valence electrons. The zero-order valence-electron chi connectivity index (χ0n) is 28.8. The van der Waals surface area contributed by atoms with Gasteiger partial charge in [0.1, 0.15) is 24.5 Å². The SMILES string of the molecule is Cc1ccc(-c2c(C)noc2C)cc1N(CCCCCOCC(=O)N[C@H](C(=O)N1CCC[C@H]1C)C(C)(C)C)c1ccc(C#N)c(Cl)c1. The Bertz CT molecular complexity index is 1590. The molecule has 2 atom stereocenters. The van der Waals surface area contributed by atoms with E-state index in [1.807, 2.05) is 51.7 Å². The Morgan fingerprint density at radius 1 is 1.17 bits per heavy atom. The van der Waals surface area contributed by atoms with E-state index >= 15 is 0 Å². The first-order chi connectivity index (χ1) is 22.3. The molecule has 0 radical (unpaired) electrons. The van der Waals surface area contributed by atoms with E-state index in [9.17, 15) is 14.9 Å². The van der Waals surface area contributed by atoms with Gasteiger partial charge in [-0.15, -0.1) is 0 Å². The number of unbranched alkanes of at least 4 members (excludes halogenated alkanes) is 2. The third-order valence-electron chi connectivity index (χ3n) is 8.86. The van der Waals surface area contributed by atoms with E-state index in [1.165, 1.54) is 0 Å². The molecule has 0 saturated carbocycles. The number of nitrogens with one attached hydrogen (secondary N) is 1. The second kappa shape index (κ2) is 15.8. The number of hydrogen-bond acceptors (Lipinski definition) is 7. The number of halogens is 1. The number of likely N-dealkylation sites (tertiary alicyclic amines) is 1. The van der Waals surface area contributed by atoms with Crippen LogP contribution >= 0.6 is 11.6 Å². The summed E-state index contributed by atoms with van der Waals surface area (Å²) in [5.74, 6) is 0.472. The maximum atomic E-state index is 13.3. The van der Waals surface area contributed by atoms with Crippen LogP contribution in [0.4, 0.5) is 11.4 Å². The summed E-state index contributed by atoms with van der Waals surface area (Å²) in [6, 6.07) is 13.6. The highest BCUT2D eigenvalue weighted by Gasteiger charge is 2.38. The quantitative estimate of drug-likeness (QED) is 0.187. The molecule has 1 aliphatic heterocycles. The fourth-order valence-electron chi connectivity index (χ4n) is 6.20. The van der Waals surface area contributed by atoms with Crippen LogP contribution in [0.1, 0.15) is 82.4 Å². The summed E-state index contributed by atoms with van der Waals surface area (Å²) in [5, 5.41) is 16.9. The van der Waals surface area contributed by atoms with Gasteiger partial charge in [0.25, 0.3) is 0 Å². The summed E-state index contributed by atoms with van der Waals surface area (Å²) >= 11 is 6.47. The molecule has 1 aromatic heterocycles. The van der Waals surface area contributed by atoms with E-state index in [2.05, 4.69) is 53.5 Å². The van der Waals surface area contributed by atoms with Gasteiger partial charge in [0.2, 0.25) is 11.8 Å². The smallest absolute Gasteiger partial charge is 0.246 e. The summed E-state index contributed by atoms with van der Waals surface area (Å²) < 4.78 is 11.2. The molecular formula is C37H48ClN5O4. The van der Waals surface area contributed by atoms with Crippen LogP contribution in [0.15, 0.2) is 40.9 Å². The number of aryl methyl sites for hydroxylation is 3. The fraction of sp³-hybridized carbons (Fsp3) is 0.514. The predicted octanol–water partition coefficient (Wildman–Crippen LogP) is 7.66. The van der Waals surface area contributed by atoms with E-state index in [4.69, 9.17) is 20.9 Å². The van der Waals surface area contributed by atoms with Crippen molar-refractivity contribution in [3.63, 3.8) is 0 Å². The van der Waals surface area contributed by atoms with Gasteiger partial charge in [-0.1, -0.05) is 49.7 Å². The number of anilines is 2. The van der Waals surface area contributed by atoms with Crippen molar-refractivity contribution in [1.29, 1.82) is 5.26 Å². The van der Waals surface area contributed by atoms with Gasteiger partial charge < -0.3 is 24.4 Å². The Kier molecular flexibility index (Phi) is 12.1. The number of carbonyl (C=O) groups excluding carboxylic acids is 2. The van der Waals surface area contributed by atoms with Crippen LogP contribution in [0.25, 0.3) is 11.1 Å². The zero-order chi connectivity index (χ0) is 34.3. The van der Waals surface area contributed by atoms with Crippen molar-refractivity contribution in [2.24, 2.45) is 5.41 Å². The van der Waals surface area contributed by atoms with Crippen LogP contribution in [0.2, 0.25) is 5.02 Å². The molecule has 2 heterocycles. The molecule has 47 heavy (non-hydrogen) atoms. The lowest BCUT2D eigenvalue weighted by molar-refractivity contribution is -0.141. The Balaban J connectivity index is 1.36. The van der Waals surface area contributed by atoms with Crippen molar-refractivity contribution in [3.05, 3.63) is 64.0 Å². The monoisotopic (exact) mass is 661 g/mol. The van der Waals surface area contributed by atoms with Crippen molar-refractivity contribution >= 4 is 34.8 Å². The van der Waals surface area contributed by atoms with Crippen LogP contribution in [0, 0.1) is 37.5 Å². The van der Waals surface area contributed by atoms with Crippen LogP contribution < -0.4 is 10.2 Å². The van der Waals surface area contributed by atoms with Crippen molar-refractivity contribution in [2.45, 2.75) is 92.7 Å². The first-order valence-corrected chi connectivity index (χ1v) is 16.9. The number of hydrogen-bond donors (Lipinski definition) is 1. The Hall–Kier alpha value is -3.87. The van der Waals surface area contributed by atoms with Crippen molar-refractivity contribution in [2.75, 3.05) is 31.2 Å². The normalized spacial score (nSPS) is 15.4. The molecule has 10 heteroatoms. The number of amides is 2. The summed E-state index contributed by atoms with van der Waals surface area (Å²) in [6.07, 6.45) is 4.50. The lowest BCUT2D eigenvalue weighted by Gasteiger charge is -2.35. The molecule has 0 aliphatic carbocycles. The minimum atomic E-state index is -0.597. The molecule has 0 unspecified atom stereocenters. The third kappa shape index (κ3) is 8.94. The number of nitriles is 1. The fourth-order valence-corrected chi connectivity index (χ4v) is 6.41. The summed E-state index contributed by atoms with van der Waals surface area (Å²) in [6.45, 7) is 15.7. The van der Waals surface area contributed by atoms with Gasteiger partial charge in [-0.05, 0) is 101 Å². The first kappa shape index (κ1) is 36.0. The molecule has 2 amide bonds. The Morgan fingerprint density at radius 2 is 1.94 bits per heavy atom. The topological polar surface area (TPSA) is 112 Å². The average molecular weight is 662 g/mol. The van der Waals surface area contributed by atoms with Crippen LogP contribution in [-0.4, -0.2) is 60.3 Å². The minimum Gasteiger partial charge on any atom is -0.372 e. The second-order valence-electron chi connectivity index (χ2n) is 13.6. The van der Waals surface area contributed by atoms with Crippen LogP contribution in [0.5, 0.6) is 0 Å². The van der Waals surface area contributed by atoms with E-state index in [0.717, 1.165) is 78.2 Å². The molecule has 0 spiro atoms. The van der Waals surface area contributed by atoms with Gasteiger partial charge in [-0.2, -0.15) is 5.26 Å². The molecule has 1 aliphatic rings. The number of benzene rings is 2. The van der Waals surface area contributed by atoms with Gasteiger partial charge in [-0.25, -0.2) is 0 Å². The van der Waals surface area contributed by atoms with Crippen molar-refractivity contribution in [1.82, 2.24) is 15.4 Å². The predicted molar refractivity (Wildman–Crippen MR) is 186 cm³/mol. The van der Waals surface area contributed by atoms with Crippen molar-refractivity contribution < 1.29 is 18.8 Å². The highest BCUT2D eigenvalue weighted by molar-refractivity contribution is 6.32. The molecule has 1 fully saturated rings. The summed E-state index contributed by atoms with van der Waals surface area (Å²) in [4.78, 5) is 30.2. The lowest BCUT2D eigenvalue weighted by Crippen LogP contribution is -2.56. The first-order valence-electron chi connectivity index (χ1n) is 16.5. The molecule has 4 rings (SSSR count). The zero-order valence-corrected chi connectivity index (χ0v) is 29.5. The maximum absolute atomic E-state index is 13.3. The van der Waals surface area contributed by atoms with E-state index in [-0.39, 0.29) is 24.5 Å². The second-order valence-corrected chi connectivity index (χ2v) is 14.0. The van der Waals surface area contributed by atoms with Gasteiger partial charge in [0, 0.05) is 42.7 Å². The van der Waals surface area contributed by atoms with Gasteiger partial charge in [-0.3, -0.25) is 9.59 Å².